The lowest BCUT2D eigenvalue weighted by Crippen LogP contribution is -2.45. The van der Waals surface area contributed by atoms with Crippen molar-refractivity contribution in [3.8, 4) is 0 Å². The van der Waals surface area contributed by atoms with Crippen LogP contribution in [0.5, 0.6) is 0 Å². The zero-order valence-electron chi connectivity index (χ0n) is 24.4. The molecule has 2 amide bonds. The fraction of sp³-hybridized carbons (Fsp3) is 0.600. The monoisotopic (exact) mass is 680 g/mol. The second-order valence-electron chi connectivity index (χ2n) is 11.6. The molecular weight excluding hydrogens is 642 g/mol. The highest BCUT2D eigenvalue weighted by molar-refractivity contribution is 7.46. The standard InChI is InChI=1S/C14H21N2O7P.C11H17N2O7P/c1-8-15-11(17)4-5-16(8)10-6-9(7-21-24(18,19)20)12-13(10)23-14(2,3)22-12;1-6-12-9(14)2-3-13(6)8-4-7(10(15)11(8)16)5-20-21(17,18)19/h4-5,9-10,12-13H,1,6-7H2,2-3H3,(H,15,17)(H2,18,19,20);2-3,7-8,10-11,15-16H,1,4-5H2,(H,12,14)(H2,17,18,19)/t9?,10-,12-,13?;7?,8-,10-,11?/m11/s1. The minimum absolute atomic E-state index is 0.141. The molecular formula is C25H38N4O14P2. The zero-order chi connectivity index (χ0) is 33.5. The quantitative estimate of drug-likeness (QED) is 0.144. The van der Waals surface area contributed by atoms with Crippen LogP contribution in [-0.4, -0.2) is 107 Å². The van der Waals surface area contributed by atoms with Gasteiger partial charge in [0.1, 0.15) is 23.8 Å². The molecule has 0 radical (unpaired) electrons. The molecule has 0 bridgehead atoms. The van der Waals surface area contributed by atoms with Crippen LogP contribution >= 0.6 is 15.6 Å². The number of nitrogens with zero attached hydrogens (tertiary/aromatic N) is 2. The Hall–Kier alpha value is -2.44. The molecule has 45 heavy (non-hydrogen) atoms. The van der Waals surface area contributed by atoms with Crippen LogP contribution in [0.4, 0.5) is 0 Å². The first kappa shape index (κ1) is 35.4. The van der Waals surface area contributed by atoms with Crippen molar-refractivity contribution < 1.29 is 67.0 Å². The number of aliphatic hydroxyl groups is 2. The Kier molecular flexibility index (Phi) is 10.5. The summed E-state index contributed by atoms with van der Waals surface area (Å²) in [6, 6.07) is -0.763. The van der Waals surface area contributed by atoms with Crippen LogP contribution < -0.4 is 10.6 Å². The number of fused-ring (bicyclic) bond motifs is 1. The Morgan fingerprint density at radius 3 is 1.76 bits per heavy atom. The second kappa shape index (κ2) is 13.4. The number of ether oxygens (including phenoxy) is 2. The average Bonchev–Trinajstić information content (AvgIpc) is 3.49. The topological polar surface area (TPSA) is 257 Å². The number of carbonyl (C=O) groups is 2. The highest BCUT2D eigenvalue weighted by Gasteiger charge is 2.56. The van der Waals surface area contributed by atoms with Gasteiger partial charge in [0.2, 0.25) is 0 Å². The molecule has 5 rings (SSSR count). The fourth-order valence-electron chi connectivity index (χ4n) is 6.01. The number of aliphatic hydroxyl groups excluding tert-OH is 2. The van der Waals surface area contributed by atoms with Crippen molar-refractivity contribution in [3.05, 3.63) is 49.4 Å². The van der Waals surface area contributed by atoms with Gasteiger partial charge in [-0.1, -0.05) is 13.2 Å². The number of amides is 2. The molecule has 252 valence electrons. The Morgan fingerprint density at radius 1 is 0.822 bits per heavy atom. The molecule has 0 spiro atoms. The van der Waals surface area contributed by atoms with E-state index in [4.69, 9.17) is 29.0 Å². The van der Waals surface area contributed by atoms with Gasteiger partial charge in [0.25, 0.3) is 11.8 Å². The third kappa shape index (κ3) is 8.88. The summed E-state index contributed by atoms with van der Waals surface area (Å²) < 4.78 is 42.6. The molecule has 1 saturated heterocycles. The normalized spacial score (nSPS) is 34.4. The number of carbonyl (C=O) groups excluding carboxylic acids is 2. The largest absolute Gasteiger partial charge is 0.469 e. The van der Waals surface area contributed by atoms with E-state index in [0.717, 1.165) is 0 Å². The highest BCUT2D eigenvalue weighted by atomic mass is 31.2. The first-order valence-corrected chi connectivity index (χ1v) is 16.9. The molecule has 20 heteroatoms. The summed E-state index contributed by atoms with van der Waals surface area (Å²) in [6.07, 6.45) is 3.41. The summed E-state index contributed by atoms with van der Waals surface area (Å²) in [6.45, 7) is 10.5. The minimum Gasteiger partial charge on any atom is -0.390 e. The van der Waals surface area contributed by atoms with Crippen LogP contribution in [0.3, 0.4) is 0 Å². The summed E-state index contributed by atoms with van der Waals surface area (Å²) >= 11 is 0. The lowest BCUT2D eigenvalue weighted by molar-refractivity contribution is -0.162. The summed E-state index contributed by atoms with van der Waals surface area (Å²) in [5.41, 5.74) is 0. The van der Waals surface area contributed by atoms with Crippen molar-refractivity contribution >= 4 is 27.5 Å². The Morgan fingerprint density at radius 2 is 1.27 bits per heavy atom. The molecule has 0 aromatic rings. The lowest BCUT2D eigenvalue weighted by Gasteiger charge is -2.34. The SMILES string of the molecule is C=C1NC(=O)C=CN1[C@@H]1CC(COP(=O)(O)O)[C@@H](O)C1O.C=C1NC(=O)C=CN1[C@@H]1CC(COP(=O)(O)O)[C@H]2OC(C)(C)OC21. The van der Waals surface area contributed by atoms with Gasteiger partial charge in [-0.2, -0.15) is 0 Å². The van der Waals surface area contributed by atoms with E-state index in [2.05, 4.69) is 32.8 Å². The molecule has 3 fully saturated rings. The Labute approximate surface area is 258 Å². The van der Waals surface area contributed by atoms with Crippen molar-refractivity contribution in [2.24, 2.45) is 11.8 Å². The van der Waals surface area contributed by atoms with Gasteiger partial charge < -0.3 is 59.7 Å². The Bertz CT molecular complexity index is 1340. The molecule has 2 saturated carbocycles. The van der Waals surface area contributed by atoms with Gasteiger partial charge in [-0.15, -0.1) is 0 Å². The summed E-state index contributed by atoms with van der Waals surface area (Å²) in [5, 5.41) is 25.1. The van der Waals surface area contributed by atoms with Crippen LogP contribution in [0.15, 0.2) is 49.4 Å². The van der Waals surface area contributed by atoms with Gasteiger partial charge in [-0.05, 0) is 26.7 Å². The average molecular weight is 681 g/mol. The van der Waals surface area contributed by atoms with Gasteiger partial charge in [0.05, 0.1) is 37.5 Å². The maximum atomic E-state index is 11.4. The van der Waals surface area contributed by atoms with E-state index in [9.17, 15) is 28.9 Å². The van der Waals surface area contributed by atoms with E-state index in [1.807, 2.05) is 0 Å². The van der Waals surface area contributed by atoms with E-state index >= 15 is 0 Å². The number of phosphoric acid groups is 2. The van der Waals surface area contributed by atoms with Gasteiger partial charge >= 0.3 is 15.6 Å². The molecule has 0 aromatic carbocycles. The molecule has 4 unspecified atom stereocenters. The molecule has 8 atom stereocenters. The van der Waals surface area contributed by atoms with Crippen LogP contribution in [0.2, 0.25) is 0 Å². The van der Waals surface area contributed by atoms with E-state index in [0.29, 0.717) is 12.2 Å². The van der Waals surface area contributed by atoms with Crippen molar-refractivity contribution in [1.29, 1.82) is 0 Å². The second-order valence-corrected chi connectivity index (χ2v) is 14.0. The van der Waals surface area contributed by atoms with Crippen molar-refractivity contribution in [3.63, 3.8) is 0 Å². The van der Waals surface area contributed by atoms with Crippen molar-refractivity contribution in [2.75, 3.05) is 13.2 Å². The highest BCUT2D eigenvalue weighted by Crippen LogP contribution is 2.46. The molecule has 0 aromatic heterocycles. The van der Waals surface area contributed by atoms with Crippen LogP contribution in [-0.2, 0) is 37.2 Å². The van der Waals surface area contributed by atoms with Crippen LogP contribution in [0.1, 0.15) is 26.7 Å². The predicted octanol–water partition coefficient (Wildman–Crippen LogP) is -0.956. The third-order valence-electron chi connectivity index (χ3n) is 7.88. The number of rotatable bonds is 8. The molecule has 3 aliphatic heterocycles. The maximum Gasteiger partial charge on any atom is 0.469 e. The van der Waals surface area contributed by atoms with E-state index in [-0.39, 0.29) is 61.4 Å². The van der Waals surface area contributed by atoms with E-state index < -0.39 is 45.6 Å². The van der Waals surface area contributed by atoms with Crippen LogP contribution in [0.25, 0.3) is 0 Å². The van der Waals surface area contributed by atoms with Gasteiger partial charge in [0.15, 0.2) is 5.79 Å². The maximum absolute atomic E-state index is 11.4. The van der Waals surface area contributed by atoms with E-state index in [1.165, 1.54) is 23.3 Å². The fourth-order valence-corrected chi connectivity index (χ4v) is 6.78. The predicted molar refractivity (Wildman–Crippen MR) is 152 cm³/mol. The molecule has 18 nitrogen and oxygen atoms in total. The number of hydrogen-bond donors (Lipinski definition) is 8. The summed E-state index contributed by atoms with van der Waals surface area (Å²) in [4.78, 5) is 61.1. The molecule has 3 heterocycles. The summed E-state index contributed by atoms with van der Waals surface area (Å²) in [5.74, 6) is -1.61. The minimum atomic E-state index is -4.63. The number of phosphoric ester groups is 2. The van der Waals surface area contributed by atoms with Crippen LogP contribution in [0, 0.1) is 11.8 Å². The molecule has 2 aliphatic carbocycles. The Balaban J connectivity index is 0.000000207. The van der Waals surface area contributed by atoms with Gasteiger partial charge in [-0.25, -0.2) is 9.13 Å². The summed E-state index contributed by atoms with van der Waals surface area (Å²) in [7, 11) is -9.19. The zero-order valence-corrected chi connectivity index (χ0v) is 26.2. The first-order valence-electron chi connectivity index (χ1n) is 13.8. The van der Waals surface area contributed by atoms with Crippen molar-refractivity contribution in [1.82, 2.24) is 20.4 Å². The first-order chi connectivity index (χ1) is 20.7. The number of nitrogens with one attached hydrogen (secondary N) is 2. The van der Waals surface area contributed by atoms with Gasteiger partial charge in [0, 0.05) is 36.4 Å². The van der Waals surface area contributed by atoms with Crippen molar-refractivity contribution in [2.45, 2.75) is 69.0 Å². The molecule has 8 N–H and O–H groups in total. The lowest BCUT2D eigenvalue weighted by atomic mass is 10.1. The van der Waals surface area contributed by atoms with Gasteiger partial charge in [-0.3, -0.25) is 18.6 Å². The van der Waals surface area contributed by atoms with E-state index in [1.54, 1.807) is 24.9 Å². The number of hydrogen-bond acceptors (Lipinski definition) is 12. The third-order valence-corrected chi connectivity index (χ3v) is 8.85. The smallest absolute Gasteiger partial charge is 0.390 e. The molecule has 5 aliphatic rings.